The van der Waals surface area contributed by atoms with E-state index in [9.17, 15) is 0 Å². The maximum absolute atomic E-state index is 16.6. The quantitative estimate of drug-likeness (QED) is 0.108. The summed E-state index contributed by atoms with van der Waals surface area (Å²) in [4.78, 5) is 0. The van der Waals surface area contributed by atoms with Gasteiger partial charge in [-0.3, -0.25) is 0 Å². The lowest BCUT2D eigenvalue weighted by molar-refractivity contribution is 0.590. The fourth-order valence-corrected chi connectivity index (χ4v) is 15.8. The zero-order valence-corrected chi connectivity index (χ0v) is 33.4. The van der Waals surface area contributed by atoms with Gasteiger partial charge in [-0.1, -0.05) is 152 Å². The molecule has 0 radical (unpaired) electrons. The Morgan fingerprint density at radius 2 is 0.460 bits per heavy atom. The van der Waals surface area contributed by atoms with Crippen LogP contribution < -0.4 is 31.8 Å². The first kappa shape index (κ1) is 37.8. The summed E-state index contributed by atoms with van der Waals surface area (Å²) in [5, 5.41) is 5.60. The van der Waals surface area contributed by atoms with Crippen molar-refractivity contribution in [1.29, 1.82) is 0 Å². The highest BCUT2D eigenvalue weighted by atomic mass is 31.2. The molecule has 0 aliphatic carbocycles. The van der Waals surface area contributed by atoms with Gasteiger partial charge in [-0.15, -0.1) is 0 Å². The standard InChI is InChI=1S/C46H56O2P2/c1-9-33-21-17-22-34(10-2)43(33)49(47,44-35(11-3)23-18-24-36(44)12-4)41-29-31-42(32-30-41)50(48,45-37(13-5)25-19-26-38(45)14-6)46-39(15-7)27-20-28-40(46)16-8/h17-32H,9-16H2,1-8H3. The molecule has 262 valence electrons. The van der Waals surface area contributed by atoms with Crippen LogP contribution in [0.2, 0.25) is 0 Å². The highest BCUT2D eigenvalue weighted by Gasteiger charge is 2.40. The van der Waals surface area contributed by atoms with E-state index in [1.54, 1.807) is 0 Å². The molecule has 0 spiro atoms. The zero-order valence-electron chi connectivity index (χ0n) is 31.6. The molecule has 0 bridgehead atoms. The van der Waals surface area contributed by atoms with Crippen LogP contribution in [0, 0.1) is 0 Å². The summed E-state index contributed by atoms with van der Waals surface area (Å²) in [6, 6.07) is 34.0. The van der Waals surface area contributed by atoms with Gasteiger partial charge in [0.2, 0.25) is 0 Å². The minimum absolute atomic E-state index is 0.803. The summed E-state index contributed by atoms with van der Waals surface area (Å²) in [5.74, 6) is 0. The zero-order chi connectivity index (χ0) is 36.1. The average molecular weight is 703 g/mol. The second-order valence-electron chi connectivity index (χ2n) is 13.3. The van der Waals surface area contributed by atoms with Crippen LogP contribution in [0.4, 0.5) is 0 Å². The molecule has 0 heterocycles. The Morgan fingerprint density at radius 1 is 0.300 bits per heavy atom. The van der Waals surface area contributed by atoms with Crippen molar-refractivity contribution in [3.8, 4) is 0 Å². The Morgan fingerprint density at radius 3 is 0.600 bits per heavy atom. The minimum Gasteiger partial charge on any atom is -0.309 e. The van der Waals surface area contributed by atoms with Crippen molar-refractivity contribution in [2.75, 3.05) is 0 Å². The molecule has 5 aromatic carbocycles. The van der Waals surface area contributed by atoms with E-state index >= 15 is 9.13 Å². The van der Waals surface area contributed by atoms with Crippen molar-refractivity contribution in [3.63, 3.8) is 0 Å². The first-order valence-electron chi connectivity index (χ1n) is 19.0. The summed E-state index contributed by atoms with van der Waals surface area (Å²) in [7, 11) is -6.72. The SMILES string of the molecule is CCc1cccc(CC)c1P(=O)(c1ccc(P(=O)(c2c(CC)cccc2CC)c2c(CC)cccc2CC)cc1)c1c(CC)cccc1CC. The van der Waals surface area contributed by atoms with Crippen LogP contribution in [-0.4, -0.2) is 0 Å². The van der Waals surface area contributed by atoms with E-state index in [0.717, 1.165) is 128 Å². The van der Waals surface area contributed by atoms with Crippen LogP contribution in [0.5, 0.6) is 0 Å². The summed E-state index contributed by atoms with van der Waals surface area (Å²) in [5.41, 5.74) is 9.14. The largest absolute Gasteiger partial charge is 0.309 e. The third-order valence-electron chi connectivity index (χ3n) is 10.7. The molecule has 0 aliphatic heterocycles. The second kappa shape index (κ2) is 16.3. The maximum Gasteiger partial charge on any atom is 0.172 e. The fraction of sp³-hybridized carbons (Fsp3) is 0.348. The number of benzene rings is 5. The third-order valence-corrected chi connectivity index (χ3v) is 17.6. The Kier molecular flexibility index (Phi) is 12.3. The Hall–Kier alpha value is -3.44. The molecular formula is C46H56O2P2. The maximum atomic E-state index is 16.6. The summed E-state index contributed by atoms with van der Waals surface area (Å²) < 4.78 is 33.1. The second-order valence-corrected chi connectivity index (χ2v) is 18.5. The molecule has 0 aliphatic rings. The van der Waals surface area contributed by atoms with E-state index in [1.165, 1.54) is 0 Å². The number of hydrogen-bond donors (Lipinski definition) is 0. The van der Waals surface area contributed by atoms with E-state index in [2.05, 4.69) is 152 Å². The first-order chi connectivity index (χ1) is 24.2. The molecule has 0 amide bonds. The molecule has 2 nitrogen and oxygen atoms in total. The molecule has 0 N–H and O–H groups in total. The number of aryl methyl sites for hydroxylation is 8. The number of rotatable bonds is 14. The minimum atomic E-state index is -3.36. The molecule has 0 atom stereocenters. The Balaban J connectivity index is 1.91. The van der Waals surface area contributed by atoms with Gasteiger partial charge in [0, 0.05) is 31.8 Å². The molecule has 4 heteroatoms. The van der Waals surface area contributed by atoms with Crippen molar-refractivity contribution >= 4 is 46.1 Å². The van der Waals surface area contributed by atoms with E-state index in [1.807, 2.05) is 0 Å². The van der Waals surface area contributed by atoms with E-state index in [-0.39, 0.29) is 0 Å². The first-order valence-corrected chi connectivity index (χ1v) is 22.4. The van der Waals surface area contributed by atoms with Gasteiger partial charge in [0.05, 0.1) is 0 Å². The molecule has 0 aromatic heterocycles. The van der Waals surface area contributed by atoms with Crippen molar-refractivity contribution in [1.82, 2.24) is 0 Å². The lowest BCUT2D eigenvalue weighted by Crippen LogP contribution is -2.35. The summed E-state index contributed by atoms with van der Waals surface area (Å²) >= 11 is 0. The van der Waals surface area contributed by atoms with Crippen LogP contribution in [-0.2, 0) is 60.5 Å². The number of hydrogen-bond acceptors (Lipinski definition) is 2. The smallest absolute Gasteiger partial charge is 0.172 e. The van der Waals surface area contributed by atoms with Crippen LogP contribution in [0.1, 0.15) is 99.9 Å². The van der Waals surface area contributed by atoms with Gasteiger partial charge in [-0.2, -0.15) is 0 Å². The molecule has 50 heavy (non-hydrogen) atoms. The highest BCUT2D eigenvalue weighted by molar-refractivity contribution is 7.86. The fourth-order valence-electron chi connectivity index (χ4n) is 8.09. The third kappa shape index (κ3) is 6.44. The van der Waals surface area contributed by atoms with Gasteiger partial charge in [0.25, 0.3) is 0 Å². The van der Waals surface area contributed by atoms with Crippen molar-refractivity contribution in [3.05, 3.63) is 142 Å². The van der Waals surface area contributed by atoms with Gasteiger partial charge in [-0.05, 0) is 95.9 Å². The van der Waals surface area contributed by atoms with E-state index in [0.29, 0.717) is 0 Å². The monoisotopic (exact) mass is 702 g/mol. The Bertz CT molecular complexity index is 1700. The van der Waals surface area contributed by atoms with Gasteiger partial charge in [0.15, 0.2) is 14.3 Å². The van der Waals surface area contributed by atoms with E-state index < -0.39 is 14.3 Å². The van der Waals surface area contributed by atoms with Crippen LogP contribution in [0.3, 0.4) is 0 Å². The molecule has 0 saturated heterocycles. The topological polar surface area (TPSA) is 34.1 Å². The lowest BCUT2D eigenvalue weighted by atomic mass is 10.1. The van der Waals surface area contributed by atoms with E-state index in [4.69, 9.17) is 0 Å². The lowest BCUT2D eigenvalue weighted by Gasteiger charge is -2.30. The van der Waals surface area contributed by atoms with Gasteiger partial charge < -0.3 is 9.13 Å². The van der Waals surface area contributed by atoms with Gasteiger partial charge in [-0.25, -0.2) is 0 Å². The molecular weight excluding hydrogens is 646 g/mol. The van der Waals surface area contributed by atoms with Crippen LogP contribution >= 0.6 is 14.3 Å². The highest BCUT2D eigenvalue weighted by Crippen LogP contribution is 2.50. The molecule has 0 fully saturated rings. The molecule has 0 saturated carbocycles. The van der Waals surface area contributed by atoms with Crippen LogP contribution in [0.15, 0.2) is 97.1 Å². The van der Waals surface area contributed by atoms with Crippen molar-refractivity contribution < 1.29 is 9.13 Å². The molecule has 5 aromatic rings. The summed E-state index contributed by atoms with van der Waals surface area (Å²) in [6.07, 6.45) is 6.42. The normalized spacial score (nSPS) is 12.0. The van der Waals surface area contributed by atoms with Gasteiger partial charge in [0.1, 0.15) is 0 Å². The van der Waals surface area contributed by atoms with Crippen LogP contribution in [0.25, 0.3) is 0 Å². The predicted molar refractivity (Wildman–Crippen MR) is 220 cm³/mol. The summed E-state index contributed by atoms with van der Waals surface area (Å²) in [6.45, 7) is 17.3. The van der Waals surface area contributed by atoms with Crippen molar-refractivity contribution in [2.45, 2.75) is 107 Å². The predicted octanol–water partition coefficient (Wildman–Crippen LogP) is 9.46. The Labute approximate surface area is 302 Å². The average Bonchev–Trinajstić information content (AvgIpc) is 3.18. The van der Waals surface area contributed by atoms with Crippen molar-refractivity contribution in [2.24, 2.45) is 0 Å². The molecule has 0 unspecified atom stereocenters. The molecule has 5 rings (SSSR count). The van der Waals surface area contributed by atoms with Gasteiger partial charge >= 0.3 is 0 Å².